The van der Waals surface area contributed by atoms with Gasteiger partial charge in [0.15, 0.2) is 0 Å². The molecule has 0 saturated carbocycles. The topological polar surface area (TPSA) is 47.1 Å². The molecule has 0 aliphatic carbocycles. The Hall–Kier alpha value is -2.36. The molecule has 0 spiro atoms. The number of benzene rings is 1. The van der Waals surface area contributed by atoms with Gasteiger partial charge < -0.3 is 9.15 Å². The van der Waals surface area contributed by atoms with Crippen molar-refractivity contribution in [3.63, 3.8) is 0 Å². The molecule has 0 saturated heterocycles. The van der Waals surface area contributed by atoms with Gasteiger partial charge in [-0.1, -0.05) is 12.1 Å². The summed E-state index contributed by atoms with van der Waals surface area (Å²) in [7, 11) is 0. The molecular formula is C14H14N2O2. The Labute approximate surface area is 106 Å². The SMILES string of the molecule is CCOc1ccccc1/C=N/N=C/c1ccco1. The lowest BCUT2D eigenvalue weighted by Gasteiger charge is -2.04. The maximum atomic E-state index is 5.48. The minimum Gasteiger partial charge on any atom is -0.493 e. The highest BCUT2D eigenvalue weighted by atomic mass is 16.5. The zero-order valence-corrected chi connectivity index (χ0v) is 10.1. The van der Waals surface area contributed by atoms with Crippen LogP contribution >= 0.6 is 0 Å². The highest BCUT2D eigenvalue weighted by molar-refractivity contribution is 5.84. The molecule has 1 aromatic heterocycles. The van der Waals surface area contributed by atoms with Crippen LogP contribution in [0.4, 0.5) is 0 Å². The third-order valence-corrected chi connectivity index (χ3v) is 2.21. The number of para-hydroxylation sites is 1. The standard InChI is InChI=1S/C14H14N2O2/c1-2-17-14-8-4-3-6-12(14)10-15-16-11-13-7-5-9-18-13/h3-11H,2H2,1H3/b15-10+,16-11+. The van der Waals surface area contributed by atoms with Gasteiger partial charge in [0.1, 0.15) is 11.5 Å². The fourth-order valence-corrected chi connectivity index (χ4v) is 1.42. The Morgan fingerprint density at radius 2 is 1.94 bits per heavy atom. The minimum absolute atomic E-state index is 0.626. The monoisotopic (exact) mass is 242 g/mol. The van der Waals surface area contributed by atoms with Gasteiger partial charge in [-0.25, -0.2) is 0 Å². The Bertz CT molecular complexity index is 530. The molecule has 0 N–H and O–H groups in total. The average Bonchev–Trinajstić information content (AvgIpc) is 2.90. The summed E-state index contributed by atoms with van der Waals surface area (Å²) in [5, 5.41) is 7.87. The molecule has 1 heterocycles. The zero-order valence-electron chi connectivity index (χ0n) is 10.1. The van der Waals surface area contributed by atoms with E-state index in [1.165, 1.54) is 0 Å². The molecule has 0 fully saturated rings. The third-order valence-electron chi connectivity index (χ3n) is 2.21. The Balaban J connectivity index is 2.04. The molecule has 0 amide bonds. The van der Waals surface area contributed by atoms with Crippen LogP contribution in [0.5, 0.6) is 5.75 Å². The third kappa shape index (κ3) is 3.31. The van der Waals surface area contributed by atoms with Crippen molar-refractivity contribution < 1.29 is 9.15 Å². The van der Waals surface area contributed by atoms with Gasteiger partial charge in [0.05, 0.1) is 25.3 Å². The van der Waals surface area contributed by atoms with E-state index in [0.717, 1.165) is 11.3 Å². The van der Waals surface area contributed by atoms with Gasteiger partial charge in [0, 0.05) is 5.56 Å². The van der Waals surface area contributed by atoms with Gasteiger partial charge in [-0.2, -0.15) is 10.2 Å². The number of rotatable bonds is 5. The zero-order chi connectivity index (χ0) is 12.6. The molecular weight excluding hydrogens is 228 g/mol. The molecule has 2 rings (SSSR count). The summed E-state index contributed by atoms with van der Waals surface area (Å²) >= 11 is 0. The maximum absolute atomic E-state index is 5.48. The Morgan fingerprint density at radius 3 is 2.72 bits per heavy atom. The van der Waals surface area contributed by atoms with Crippen LogP contribution in [0.2, 0.25) is 0 Å². The van der Waals surface area contributed by atoms with Gasteiger partial charge in [0.2, 0.25) is 0 Å². The second kappa shape index (κ2) is 6.39. The van der Waals surface area contributed by atoms with Crippen molar-refractivity contribution in [2.75, 3.05) is 6.61 Å². The first-order valence-electron chi connectivity index (χ1n) is 5.72. The van der Waals surface area contributed by atoms with E-state index in [1.807, 2.05) is 37.3 Å². The van der Waals surface area contributed by atoms with E-state index in [-0.39, 0.29) is 0 Å². The van der Waals surface area contributed by atoms with Crippen LogP contribution in [0.15, 0.2) is 57.3 Å². The number of ether oxygens (including phenoxy) is 1. The quantitative estimate of drug-likeness (QED) is 0.597. The van der Waals surface area contributed by atoms with Crippen molar-refractivity contribution >= 4 is 12.4 Å². The summed E-state index contributed by atoms with van der Waals surface area (Å²) < 4.78 is 10.6. The predicted molar refractivity (Wildman–Crippen MR) is 71.5 cm³/mol. The first-order valence-corrected chi connectivity index (χ1v) is 5.72. The fourth-order valence-electron chi connectivity index (χ4n) is 1.42. The molecule has 4 heteroatoms. The van der Waals surface area contributed by atoms with Crippen molar-refractivity contribution in [3.8, 4) is 5.75 Å². The van der Waals surface area contributed by atoms with Gasteiger partial charge in [0.25, 0.3) is 0 Å². The van der Waals surface area contributed by atoms with E-state index in [9.17, 15) is 0 Å². The van der Waals surface area contributed by atoms with E-state index >= 15 is 0 Å². The number of nitrogens with zero attached hydrogens (tertiary/aromatic N) is 2. The summed E-state index contributed by atoms with van der Waals surface area (Å²) in [5.41, 5.74) is 0.899. The highest BCUT2D eigenvalue weighted by Gasteiger charge is 1.97. The van der Waals surface area contributed by atoms with Crippen molar-refractivity contribution in [1.82, 2.24) is 0 Å². The van der Waals surface area contributed by atoms with Gasteiger partial charge in [-0.15, -0.1) is 0 Å². The summed E-state index contributed by atoms with van der Waals surface area (Å²) in [6.45, 7) is 2.57. The molecule has 18 heavy (non-hydrogen) atoms. The average molecular weight is 242 g/mol. The molecule has 0 bridgehead atoms. The molecule has 1 aromatic carbocycles. The normalized spacial score (nSPS) is 11.4. The summed E-state index contributed by atoms with van der Waals surface area (Å²) in [5.74, 6) is 1.47. The Kier molecular flexibility index (Phi) is 4.30. The van der Waals surface area contributed by atoms with Crippen LogP contribution in [-0.4, -0.2) is 19.0 Å². The van der Waals surface area contributed by atoms with Crippen molar-refractivity contribution in [3.05, 3.63) is 54.0 Å². The number of hydrogen-bond donors (Lipinski definition) is 0. The molecule has 2 aromatic rings. The van der Waals surface area contributed by atoms with Crippen LogP contribution in [-0.2, 0) is 0 Å². The molecule has 0 aliphatic heterocycles. The summed E-state index contributed by atoms with van der Waals surface area (Å²) in [6, 6.07) is 11.3. The van der Waals surface area contributed by atoms with Crippen LogP contribution in [0.25, 0.3) is 0 Å². The summed E-state index contributed by atoms with van der Waals surface area (Å²) in [4.78, 5) is 0. The van der Waals surface area contributed by atoms with E-state index in [4.69, 9.17) is 9.15 Å². The molecule has 0 radical (unpaired) electrons. The van der Waals surface area contributed by atoms with Crippen LogP contribution in [0, 0.1) is 0 Å². The first-order chi connectivity index (χ1) is 8.90. The smallest absolute Gasteiger partial charge is 0.146 e. The highest BCUT2D eigenvalue weighted by Crippen LogP contribution is 2.15. The minimum atomic E-state index is 0.626. The van der Waals surface area contributed by atoms with E-state index in [0.29, 0.717) is 12.4 Å². The first kappa shape index (κ1) is 12.1. The summed E-state index contributed by atoms with van der Waals surface area (Å²) in [6.07, 6.45) is 4.81. The van der Waals surface area contributed by atoms with Gasteiger partial charge >= 0.3 is 0 Å². The van der Waals surface area contributed by atoms with Gasteiger partial charge in [-0.3, -0.25) is 0 Å². The second-order valence-corrected chi connectivity index (χ2v) is 3.48. The van der Waals surface area contributed by atoms with E-state index in [1.54, 1.807) is 24.8 Å². The van der Waals surface area contributed by atoms with Crippen molar-refractivity contribution in [2.24, 2.45) is 10.2 Å². The van der Waals surface area contributed by atoms with Crippen LogP contribution in [0.1, 0.15) is 18.2 Å². The van der Waals surface area contributed by atoms with E-state index in [2.05, 4.69) is 10.2 Å². The predicted octanol–water partition coefficient (Wildman–Crippen LogP) is 3.13. The number of hydrogen-bond acceptors (Lipinski definition) is 4. The second-order valence-electron chi connectivity index (χ2n) is 3.48. The van der Waals surface area contributed by atoms with Crippen LogP contribution in [0.3, 0.4) is 0 Å². The van der Waals surface area contributed by atoms with Gasteiger partial charge in [-0.05, 0) is 31.2 Å². The molecule has 0 unspecified atom stereocenters. The molecule has 0 atom stereocenters. The number of furan rings is 1. The lowest BCUT2D eigenvalue weighted by Crippen LogP contribution is -1.95. The van der Waals surface area contributed by atoms with Crippen molar-refractivity contribution in [1.29, 1.82) is 0 Å². The largest absolute Gasteiger partial charge is 0.493 e. The lowest BCUT2D eigenvalue weighted by molar-refractivity contribution is 0.340. The Morgan fingerprint density at radius 1 is 1.11 bits per heavy atom. The molecule has 4 nitrogen and oxygen atoms in total. The molecule has 92 valence electrons. The maximum Gasteiger partial charge on any atom is 0.146 e. The fraction of sp³-hybridized carbons (Fsp3) is 0.143. The van der Waals surface area contributed by atoms with E-state index < -0.39 is 0 Å². The van der Waals surface area contributed by atoms with Crippen molar-refractivity contribution in [2.45, 2.75) is 6.92 Å². The molecule has 0 aliphatic rings. The lowest BCUT2D eigenvalue weighted by atomic mass is 10.2. The van der Waals surface area contributed by atoms with Crippen LogP contribution < -0.4 is 4.74 Å².